The lowest BCUT2D eigenvalue weighted by Crippen LogP contribution is -2.23. The Kier molecular flexibility index (Phi) is 10.4. The monoisotopic (exact) mass is 654 g/mol. The van der Waals surface area contributed by atoms with Crippen molar-refractivity contribution in [3.8, 4) is 0 Å². The maximum absolute atomic E-state index is 12.5. The number of hydrazone groups is 2. The highest BCUT2D eigenvalue weighted by molar-refractivity contribution is 7.10. The van der Waals surface area contributed by atoms with Crippen LogP contribution in [-0.2, 0) is 0 Å². The highest BCUT2D eigenvalue weighted by Crippen LogP contribution is 2.19. The Balaban J connectivity index is 1.08. The topological polar surface area (TPSA) is 217 Å². The normalized spacial score (nSPS) is 10.8. The van der Waals surface area contributed by atoms with Gasteiger partial charge < -0.3 is 10.6 Å². The predicted molar refractivity (Wildman–Crippen MR) is 175 cm³/mol. The summed E-state index contributed by atoms with van der Waals surface area (Å²) in [6.45, 7) is 0. The minimum atomic E-state index is -0.662. The molecule has 0 atom stereocenters. The zero-order chi connectivity index (χ0) is 32.1. The van der Waals surface area contributed by atoms with E-state index in [0.717, 1.165) is 23.1 Å². The number of benzene rings is 3. The summed E-state index contributed by atoms with van der Waals surface area (Å²) >= 11 is 1.70. The number of hydrogen-bond acceptors (Lipinski definition) is 12. The Morgan fingerprint density at radius 1 is 0.543 bits per heavy atom. The van der Waals surface area contributed by atoms with Crippen LogP contribution in [0.2, 0.25) is 0 Å². The van der Waals surface area contributed by atoms with Crippen LogP contribution >= 0.6 is 23.1 Å². The van der Waals surface area contributed by atoms with Gasteiger partial charge in [0.15, 0.2) is 21.4 Å². The van der Waals surface area contributed by atoms with Crippen molar-refractivity contribution in [2.45, 2.75) is 0 Å². The first-order valence-electron chi connectivity index (χ1n) is 13.1. The molecule has 0 saturated heterocycles. The molecule has 2 aromatic heterocycles. The second-order valence-corrected chi connectivity index (χ2v) is 10.4. The van der Waals surface area contributed by atoms with Crippen molar-refractivity contribution < 1.29 is 19.2 Å². The van der Waals surface area contributed by atoms with Gasteiger partial charge in [0.1, 0.15) is 0 Å². The van der Waals surface area contributed by atoms with Gasteiger partial charge in [-0.15, -0.1) is 10.2 Å². The van der Waals surface area contributed by atoms with Crippen LogP contribution < -0.4 is 32.1 Å². The number of aromatic nitrogens is 4. The van der Waals surface area contributed by atoms with Crippen molar-refractivity contribution in [3.05, 3.63) is 107 Å². The van der Waals surface area contributed by atoms with Gasteiger partial charge in [-0.2, -0.15) is 10.2 Å². The predicted octanol–water partition coefficient (Wildman–Crippen LogP) is 4.21. The molecular weight excluding hydrogens is 633 g/mol. The molecule has 0 aliphatic heterocycles. The first-order chi connectivity index (χ1) is 22.4. The molecule has 0 spiro atoms. The van der Waals surface area contributed by atoms with Crippen molar-refractivity contribution in [1.82, 2.24) is 30.0 Å². The van der Waals surface area contributed by atoms with E-state index in [1.165, 1.54) is 12.4 Å². The van der Waals surface area contributed by atoms with Crippen LogP contribution in [0.15, 0.2) is 95.1 Å². The van der Waals surface area contributed by atoms with Crippen LogP contribution in [0.3, 0.4) is 0 Å². The number of carbonyl (C=O) groups is 4. The van der Waals surface area contributed by atoms with Gasteiger partial charge in [0.05, 0.1) is 12.4 Å². The number of anilines is 4. The summed E-state index contributed by atoms with van der Waals surface area (Å²) in [5, 5.41) is 26.1. The average Bonchev–Trinajstić information content (AvgIpc) is 3.72. The molecule has 6 N–H and O–H groups in total. The number of hydrogen-bond donors (Lipinski definition) is 6. The average molecular weight is 655 g/mol. The Morgan fingerprint density at radius 3 is 1.33 bits per heavy atom. The Bertz CT molecular complexity index is 1740. The van der Waals surface area contributed by atoms with Crippen molar-refractivity contribution in [1.29, 1.82) is 0 Å². The Morgan fingerprint density at radius 2 is 0.935 bits per heavy atom. The fraction of sp³-hybridized carbons (Fsp3) is 0. The number of carbonyl (C=O) groups excluding carboxylic acids is 4. The Labute approximate surface area is 268 Å². The van der Waals surface area contributed by atoms with Gasteiger partial charge in [-0.05, 0) is 35.4 Å². The van der Waals surface area contributed by atoms with E-state index in [2.05, 4.69) is 61.5 Å². The van der Waals surface area contributed by atoms with Gasteiger partial charge in [0.25, 0.3) is 11.8 Å². The zero-order valence-electron chi connectivity index (χ0n) is 23.4. The second kappa shape index (κ2) is 15.4. The SMILES string of the molecule is O=C(Nc1ccccc1)Nc1snnc1C(=O)NN=Cc1ccc(C=NNC(=O)c2nnsc2NC(=O)Nc2ccccc2)cc1. The molecule has 0 unspecified atom stereocenters. The molecule has 2 heterocycles. The quantitative estimate of drug-likeness (QED) is 0.0945. The number of amides is 6. The number of nitrogens with zero attached hydrogens (tertiary/aromatic N) is 6. The second-order valence-electron chi connectivity index (χ2n) is 8.86. The molecule has 230 valence electrons. The van der Waals surface area contributed by atoms with Gasteiger partial charge in [-0.25, -0.2) is 20.4 Å². The standard InChI is InChI=1S/C28H22N12O4S2/c41-23(21-25(45-39-35-21)33-27(43)31-19-7-3-1-4-8-19)37-29-15-17-11-13-18(14-12-17)16-30-38-24(42)22-26(46-40-36-22)34-28(44)32-20-9-5-2-6-10-20/h1-16H,(H,37,41)(H,38,42)(H2,31,33,43)(H2,32,34,44). The number of urea groups is 2. The maximum atomic E-state index is 12.5. The minimum absolute atomic E-state index is 0.0919. The number of rotatable bonds is 10. The third kappa shape index (κ3) is 8.81. The lowest BCUT2D eigenvalue weighted by Gasteiger charge is -2.06. The lowest BCUT2D eigenvalue weighted by atomic mass is 10.2. The summed E-state index contributed by atoms with van der Waals surface area (Å²) in [5.74, 6) is -1.32. The van der Waals surface area contributed by atoms with Crippen molar-refractivity contribution in [2.75, 3.05) is 21.3 Å². The zero-order valence-corrected chi connectivity index (χ0v) is 25.0. The van der Waals surface area contributed by atoms with E-state index in [0.29, 0.717) is 22.5 Å². The van der Waals surface area contributed by atoms with Gasteiger partial charge in [0.2, 0.25) is 0 Å². The Hall–Kier alpha value is -6.40. The number of para-hydroxylation sites is 2. The van der Waals surface area contributed by atoms with Crippen molar-refractivity contribution >= 4 is 80.7 Å². The van der Waals surface area contributed by atoms with Crippen molar-refractivity contribution in [2.24, 2.45) is 10.2 Å². The van der Waals surface area contributed by atoms with Crippen LogP contribution in [-0.4, -0.2) is 55.5 Å². The first kappa shape index (κ1) is 31.0. The van der Waals surface area contributed by atoms with Crippen LogP contribution in [0.1, 0.15) is 32.1 Å². The molecule has 46 heavy (non-hydrogen) atoms. The van der Waals surface area contributed by atoms with E-state index in [4.69, 9.17) is 0 Å². The maximum Gasteiger partial charge on any atom is 0.324 e. The minimum Gasteiger partial charge on any atom is -0.308 e. The molecule has 5 aromatic rings. The molecule has 0 aliphatic rings. The van der Waals surface area contributed by atoms with Crippen LogP contribution in [0.4, 0.5) is 31.0 Å². The smallest absolute Gasteiger partial charge is 0.308 e. The summed E-state index contributed by atoms with van der Waals surface area (Å²) in [6, 6.07) is 23.4. The van der Waals surface area contributed by atoms with Gasteiger partial charge in [0, 0.05) is 34.4 Å². The molecule has 16 nitrogen and oxygen atoms in total. The van der Waals surface area contributed by atoms with E-state index >= 15 is 0 Å². The van der Waals surface area contributed by atoms with E-state index < -0.39 is 23.9 Å². The summed E-state index contributed by atoms with van der Waals surface area (Å²) in [6.07, 6.45) is 2.82. The molecule has 0 saturated carbocycles. The highest BCUT2D eigenvalue weighted by Gasteiger charge is 2.19. The molecular formula is C28H22N12O4S2. The molecule has 0 fully saturated rings. The molecule has 18 heteroatoms. The first-order valence-corrected chi connectivity index (χ1v) is 14.7. The third-order valence-electron chi connectivity index (χ3n) is 5.62. The van der Waals surface area contributed by atoms with E-state index in [1.54, 1.807) is 72.8 Å². The molecule has 3 aromatic carbocycles. The van der Waals surface area contributed by atoms with Crippen LogP contribution in [0.5, 0.6) is 0 Å². The van der Waals surface area contributed by atoms with Crippen LogP contribution in [0.25, 0.3) is 0 Å². The summed E-state index contributed by atoms with van der Waals surface area (Å²) in [4.78, 5) is 49.6. The van der Waals surface area contributed by atoms with E-state index in [1.807, 2.05) is 12.1 Å². The molecule has 0 bridgehead atoms. The summed E-state index contributed by atoms with van der Waals surface area (Å²) in [5.41, 5.74) is 6.97. The third-order valence-corrected chi connectivity index (χ3v) is 6.90. The van der Waals surface area contributed by atoms with Gasteiger partial charge in [-0.3, -0.25) is 20.2 Å². The van der Waals surface area contributed by atoms with E-state index in [-0.39, 0.29) is 21.4 Å². The molecule has 5 rings (SSSR count). The lowest BCUT2D eigenvalue weighted by molar-refractivity contribution is 0.0943. The van der Waals surface area contributed by atoms with Crippen molar-refractivity contribution in [3.63, 3.8) is 0 Å². The summed E-state index contributed by atoms with van der Waals surface area (Å²) < 4.78 is 7.46. The fourth-order valence-electron chi connectivity index (χ4n) is 3.52. The fourth-order valence-corrected chi connectivity index (χ4v) is 4.65. The number of nitrogens with one attached hydrogen (secondary N) is 6. The molecule has 0 aliphatic carbocycles. The van der Waals surface area contributed by atoms with Gasteiger partial charge >= 0.3 is 12.1 Å². The van der Waals surface area contributed by atoms with E-state index in [9.17, 15) is 19.2 Å². The molecule has 6 amide bonds. The molecule has 0 radical (unpaired) electrons. The highest BCUT2D eigenvalue weighted by atomic mass is 32.1. The summed E-state index contributed by atoms with van der Waals surface area (Å²) in [7, 11) is 0. The van der Waals surface area contributed by atoms with Crippen LogP contribution in [0, 0.1) is 0 Å². The van der Waals surface area contributed by atoms with Gasteiger partial charge in [-0.1, -0.05) is 69.6 Å². The largest absolute Gasteiger partial charge is 0.324 e.